The van der Waals surface area contributed by atoms with E-state index in [2.05, 4.69) is 25.6 Å². The summed E-state index contributed by atoms with van der Waals surface area (Å²) < 4.78 is 50.6. The molecule has 1 aliphatic heterocycles. The van der Waals surface area contributed by atoms with E-state index >= 15 is 8.78 Å². The number of nitrogens with zero attached hydrogens (tertiary/aromatic N) is 8. The summed E-state index contributed by atoms with van der Waals surface area (Å²) in [5.41, 5.74) is 2.22. The molecule has 0 saturated carbocycles. The lowest BCUT2D eigenvalue weighted by Crippen LogP contribution is -2.28. The minimum Gasteiger partial charge on any atom is -0.342 e. The zero-order valence-electron chi connectivity index (χ0n) is 22.3. The summed E-state index contributed by atoms with van der Waals surface area (Å²) in [5, 5.41) is 15.5. The highest BCUT2D eigenvalue weighted by Crippen LogP contribution is 2.42. The average Bonchev–Trinajstić information content (AvgIpc) is 3.63. The van der Waals surface area contributed by atoms with Gasteiger partial charge in [-0.1, -0.05) is 12.1 Å². The van der Waals surface area contributed by atoms with Gasteiger partial charge in [-0.15, -0.1) is 10.2 Å². The van der Waals surface area contributed by atoms with Gasteiger partial charge in [0.2, 0.25) is 11.8 Å². The molecule has 0 radical (unpaired) electrons. The van der Waals surface area contributed by atoms with E-state index in [4.69, 9.17) is 4.98 Å². The van der Waals surface area contributed by atoms with Crippen LogP contribution in [0.3, 0.4) is 0 Å². The summed E-state index contributed by atoms with van der Waals surface area (Å²) in [7, 11) is 0. The van der Waals surface area contributed by atoms with E-state index in [0.29, 0.717) is 23.9 Å². The highest BCUT2D eigenvalue weighted by Gasteiger charge is 2.44. The number of aryl methyl sites for hydroxylation is 1. The van der Waals surface area contributed by atoms with Crippen molar-refractivity contribution in [3.05, 3.63) is 77.8 Å². The molecule has 4 aromatic heterocycles. The van der Waals surface area contributed by atoms with Gasteiger partial charge in [-0.25, -0.2) is 19.0 Å². The van der Waals surface area contributed by atoms with E-state index < -0.39 is 29.2 Å². The number of alkyl halides is 2. The number of hydrogen-bond donors (Lipinski definition) is 1. The predicted molar refractivity (Wildman–Crippen MR) is 150 cm³/mol. The summed E-state index contributed by atoms with van der Waals surface area (Å²) >= 11 is 0. The molecule has 5 heterocycles. The lowest BCUT2D eigenvalue weighted by atomic mass is 10.1. The monoisotopic (exact) mass is 567 g/mol. The van der Waals surface area contributed by atoms with E-state index in [1.807, 2.05) is 55.3 Å². The molecule has 6 rings (SSSR count). The number of hydrogen-bond acceptors (Lipinski definition) is 6. The predicted octanol–water partition coefficient (Wildman–Crippen LogP) is 6.00. The largest absolute Gasteiger partial charge is 0.342 e. The fourth-order valence-electron chi connectivity index (χ4n) is 5.01. The van der Waals surface area contributed by atoms with Crippen molar-refractivity contribution >= 4 is 25.3 Å². The van der Waals surface area contributed by atoms with Crippen molar-refractivity contribution in [3.63, 3.8) is 0 Å². The zero-order valence-corrected chi connectivity index (χ0v) is 23.3. The standard InChI is InChI=1S/C27H26F3N9.H2S/c1-15(2)39-22(9-10-32-39)33-26-31-12-16(3)23(34-26)18-11-21-24-35-36-25(38(24)17(4)13-37(21)14-18)27(29,30)19-7-5-6-8-20(19)28;/h5-12,14-15,17H,13H2,1-4H3,(H,31,33,34);1H2/t17-;/m0./s1. The number of aromatic nitrogens is 8. The molecule has 0 fully saturated rings. The van der Waals surface area contributed by atoms with Crippen LogP contribution in [0.1, 0.15) is 49.8 Å². The fourth-order valence-corrected chi connectivity index (χ4v) is 5.01. The van der Waals surface area contributed by atoms with Crippen LogP contribution in [-0.4, -0.2) is 39.1 Å². The lowest BCUT2D eigenvalue weighted by Gasteiger charge is -2.27. The first-order chi connectivity index (χ1) is 18.6. The van der Waals surface area contributed by atoms with Gasteiger partial charge in [0.1, 0.15) is 11.6 Å². The molecule has 40 heavy (non-hydrogen) atoms. The Morgan fingerprint density at radius 2 is 1.90 bits per heavy atom. The molecule has 0 spiro atoms. The van der Waals surface area contributed by atoms with Crippen molar-refractivity contribution in [1.29, 1.82) is 0 Å². The van der Waals surface area contributed by atoms with Crippen LogP contribution < -0.4 is 5.32 Å². The summed E-state index contributed by atoms with van der Waals surface area (Å²) in [6, 6.07) is 8.31. The fraction of sp³-hybridized carbons (Fsp3) is 0.296. The molecule has 1 N–H and O–H groups in total. The van der Waals surface area contributed by atoms with Crippen molar-refractivity contribution in [3.8, 4) is 22.8 Å². The van der Waals surface area contributed by atoms with Crippen LogP contribution in [0.25, 0.3) is 22.8 Å². The molecule has 13 heteroatoms. The van der Waals surface area contributed by atoms with Gasteiger partial charge in [0.25, 0.3) is 0 Å². The maximum Gasteiger partial charge on any atom is 0.334 e. The van der Waals surface area contributed by atoms with Crippen molar-refractivity contribution in [2.45, 2.75) is 52.2 Å². The van der Waals surface area contributed by atoms with Crippen molar-refractivity contribution in [2.75, 3.05) is 5.32 Å². The lowest BCUT2D eigenvalue weighted by molar-refractivity contribution is 0.0231. The molecule has 1 aliphatic rings. The average molecular weight is 568 g/mol. The third-order valence-corrected chi connectivity index (χ3v) is 6.86. The third kappa shape index (κ3) is 4.43. The smallest absolute Gasteiger partial charge is 0.334 e. The molecule has 5 aromatic rings. The van der Waals surface area contributed by atoms with Gasteiger partial charge in [-0.2, -0.15) is 27.4 Å². The van der Waals surface area contributed by atoms with Gasteiger partial charge in [-0.3, -0.25) is 4.57 Å². The number of nitrogens with one attached hydrogen (secondary N) is 1. The molecule has 0 unspecified atom stereocenters. The number of rotatable bonds is 6. The Morgan fingerprint density at radius 3 is 2.65 bits per heavy atom. The second-order valence-electron chi connectivity index (χ2n) is 9.99. The Morgan fingerprint density at radius 1 is 1.12 bits per heavy atom. The minimum atomic E-state index is -3.66. The normalized spacial score (nSPS) is 14.6. The van der Waals surface area contributed by atoms with Gasteiger partial charge in [0, 0.05) is 36.6 Å². The quantitative estimate of drug-likeness (QED) is 0.271. The van der Waals surface area contributed by atoms with Crippen LogP contribution in [-0.2, 0) is 12.5 Å². The summed E-state index contributed by atoms with van der Waals surface area (Å²) in [6.07, 6.45) is 5.37. The summed E-state index contributed by atoms with van der Waals surface area (Å²) in [4.78, 5) is 9.17. The van der Waals surface area contributed by atoms with Crippen LogP contribution in [0.5, 0.6) is 0 Å². The maximum atomic E-state index is 15.5. The van der Waals surface area contributed by atoms with E-state index in [-0.39, 0.29) is 25.4 Å². The second kappa shape index (κ2) is 10.1. The van der Waals surface area contributed by atoms with E-state index in [9.17, 15) is 4.39 Å². The highest BCUT2D eigenvalue weighted by atomic mass is 32.1. The molecule has 9 nitrogen and oxygen atoms in total. The Bertz CT molecular complexity index is 1690. The molecule has 0 bridgehead atoms. The number of anilines is 2. The van der Waals surface area contributed by atoms with Crippen molar-refractivity contribution < 1.29 is 13.2 Å². The van der Waals surface area contributed by atoms with Gasteiger partial charge >= 0.3 is 5.92 Å². The zero-order chi connectivity index (χ0) is 27.5. The first kappa shape index (κ1) is 27.4. The van der Waals surface area contributed by atoms with Crippen LogP contribution in [0, 0.1) is 12.7 Å². The first-order valence-electron chi connectivity index (χ1n) is 12.6. The Balaban J connectivity index is 0.00000323. The molecule has 0 aliphatic carbocycles. The number of fused-ring (bicyclic) bond motifs is 3. The Hall–Kier alpha value is -4.13. The number of benzene rings is 1. The van der Waals surface area contributed by atoms with E-state index in [1.165, 1.54) is 16.7 Å². The summed E-state index contributed by atoms with van der Waals surface area (Å²) in [5.74, 6) is -3.78. The van der Waals surface area contributed by atoms with Crippen LogP contribution in [0.2, 0.25) is 0 Å². The first-order valence-corrected chi connectivity index (χ1v) is 12.6. The number of halogens is 3. The minimum absolute atomic E-state index is 0. The van der Waals surface area contributed by atoms with Crippen LogP contribution >= 0.6 is 13.5 Å². The van der Waals surface area contributed by atoms with E-state index in [1.54, 1.807) is 12.4 Å². The topological polar surface area (TPSA) is 91.3 Å². The van der Waals surface area contributed by atoms with E-state index in [0.717, 1.165) is 29.1 Å². The van der Waals surface area contributed by atoms with Gasteiger partial charge in [0.05, 0.1) is 29.2 Å². The van der Waals surface area contributed by atoms with Crippen molar-refractivity contribution in [1.82, 2.24) is 39.1 Å². The molecule has 1 aromatic carbocycles. The van der Waals surface area contributed by atoms with Gasteiger partial charge < -0.3 is 9.88 Å². The molecule has 1 atom stereocenters. The van der Waals surface area contributed by atoms with Crippen LogP contribution in [0.4, 0.5) is 24.9 Å². The summed E-state index contributed by atoms with van der Waals surface area (Å²) in [6.45, 7) is 8.19. The highest BCUT2D eigenvalue weighted by molar-refractivity contribution is 7.59. The second-order valence-corrected chi connectivity index (χ2v) is 9.99. The molecule has 0 amide bonds. The third-order valence-electron chi connectivity index (χ3n) is 6.86. The Labute approximate surface area is 235 Å². The molecular weight excluding hydrogens is 539 g/mol. The van der Waals surface area contributed by atoms with Crippen LogP contribution in [0.15, 0.2) is 55.0 Å². The SMILES string of the molecule is Cc1cnc(Nc2ccnn2C(C)C)nc1-c1cc2n(c1)C[C@H](C)n1c-2nnc1C(F)(F)c1ccccc1F.S. The van der Waals surface area contributed by atoms with Crippen molar-refractivity contribution in [2.24, 2.45) is 0 Å². The molecular formula is C27H28F3N9S. The molecule has 208 valence electrons. The molecule has 0 saturated heterocycles. The van der Waals surface area contributed by atoms with Gasteiger partial charge in [0.15, 0.2) is 5.82 Å². The Kier molecular flexibility index (Phi) is 6.94. The van der Waals surface area contributed by atoms with Gasteiger partial charge in [-0.05, 0) is 51.5 Å². The maximum absolute atomic E-state index is 15.5.